The molecular weight excluding hydrogens is 254 g/mol. The van der Waals surface area contributed by atoms with Gasteiger partial charge in [-0.15, -0.1) is 0 Å². The Hall–Kier alpha value is -1.59. The molecule has 1 atom stereocenters. The molecule has 1 aliphatic heterocycles. The molecule has 0 aliphatic carbocycles. The highest BCUT2D eigenvalue weighted by atomic mass is 16.3. The van der Waals surface area contributed by atoms with E-state index < -0.39 is 6.10 Å². The number of carbonyl (C=O) groups is 1. The lowest BCUT2D eigenvalue weighted by Gasteiger charge is -2.34. The van der Waals surface area contributed by atoms with Crippen LogP contribution in [-0.4, -0.2) is 53.7 Å². The molecule has 2 rings (SSSR count). The highest BCUT2D eigenvalue weighted by molar-refractivity contribution is 5.89. The summed E-state index contributed by atoms with van der Waals surface area (Å²) in [4.78, 5) is 16.3. The zero-order valence-corrected chi connectivity index (χ0v) is 12.2. The van der Waals surface area contributed by atoms with Crippen LogP contribution in [0.25, 0.3) is 0 Å². The number of hydrogen-bond acceptors (Lipinski definition) is 3. The van der Waals surface area contributed by atoms with Gasteiger partial charge < -0.3 is 20.2 Å². The quantitative estimate of drug-likeness (QED) is 0.887. The van der Waals surface area contributed by atoms with Crippen LogP contribution in [0, 0.1) is 0 Å². The lowest BCUT2D eigenvalue weighted by Crippen LogP contribution is -2.49. The largest absolute Gasteiger partial charge is 0.389 e. The van der Waals surface area contributed by atoms with Crippen molar-refractivity contribution in [1.82, 2.24) is 9.80 Å². The SMILES string of the molecule is CCN1CCN(C(=O)Nc2cccc(C(C)O)c2)CC1. The molecule has 0 bridgehead atoms. The van der Waals surface area contributed by atoms with Gasteiger partial charge in [0.1, 0.15) is 0 Å². The molecule has 1 aromatic carbocycles. The van der Waals surface area contributed by atoms with Crippen molar-refractivity contribution < 1.29 is 9.90 Å². The van der Waals surface area contributed by atoms with Crippen LogP contribution < -0.4 is 5.32 Å². The van der Waals surface area contributed by atoms with E-state index in [1.54, 1.807) is 6.92 Å². The molecular formula is C15H23N3O2. The summed E-state index contributed by atoms with van der Waals surface area (Å²) in [5.41, 5.74) is 1.53. The number of aliphatic hydroxyl groups excluding tert-OH is 1. The zero-order valence-electron chi connectivity index (χ0n) is 12.2. The summed E-state index contributed by atoms with van der Waals surface area (Å²) >= 11 is 0. The molecule has 0 saturated carbocycles. The topological polar surface area (TPSA) is 55.8 Å². The first kappa shape index (κ1) is 14.8. The molecule has 1 heterocycles. The molecule has 1 aliphatic rings. The first-order chi connectivity index (χ1) is 9.60. The Bertz CT molecular complexity index is 454. The maximum Gasteiger partial charge on any atom is 0.321 e. The van der Waals surface area contributed by atoms with Crippen molar-refractivity contribution in [2.24, 2.45) is 0 Å². The molecule has 20 heavy (non-hydrogen) atoms. The summed E-state index contributed by atoms with van der Waals surface area (Å²) in [6, 6.07) is 7.27. The molecule has 1 unspecified atom stereocenters. The van der Waals surface area contributed by atoms with E-state index >= 15 is 0 Å². The Kier molecular flexibility index (Phi) is 4.98. The van der Waals surface area contributed by atoms with Gasteiger partial charge in [-0.25, -0.2) is 4.79 Å². The lowest BCUT2D eigenvalue weighted by atomic mass is 10.1. The van der Waals surface area contributed by atoms with Crippen LogP contribution in [0.5, 0.6) is 0 Å². The average Bonchev–Trinajstić information content (AvgIpc) is 2.47. The van der Waals surface area contributed by atoms with Gasteiger partial charge in [-0.1, -0.05) is 19.1 Å². The molecule has 0 spiro atoms. The van der Waals surface area contributed by atoms with Gasteiger partial charge in [-0.3, -0.25) is 0 Å². The summed E-state index contributed by atoms with van der Waals surface area (Å²) in [7, 11) is 0. The third-order valence-corrected chi connectivity index (χ3v) is 3.73. The average molecular weight is 277 g/mol. The van der Waals surface area contributed by atoms with E-state index in [0.717, 1.165) is 44.0 Å². The van der Waals surface area contributed by atoms with Crippen LogP contribution in [-0.2, 0) is 0 Å². The second-order valence-corrected chi connectivity index (χ2v) is 5.15. The summed E-state index contributed by atoms with van der Waals surface area (Å²) in [6.07, 6.45) is -0.528. The summed E-state index contributed by atoms with van der Waals surface area (Å²) in [6.45, 7) is 8.26. The lowest BCUT2D eigenvalue weighted by molar-refractivity contribution is 0.151. The number of nitrogens with one attached hydrogen (secondary N) is 1. The van der Waals surface area contributed by atoms with E-state index in [4.69, 9.17) is 0 Å². The van der Waals surface area contributed by atoms with Crippen LogP contribution >= 0.6 is 0 Å². The Labute approximate surface area is 120 Å². The molecule has 2 amide bonds. The van der Waals surface area contributed by atoms with Gasteiger partial charge in [-0.05, 0) is 31.2 Å². The van der Waals surface area contributed by atoms with Gasteiger partial charge in [-0.2, -0.15) is 0 Å². The molecule has 1 fully saturated rings. The third kappa shape index (κ3) is 3.71. The summed E-state index contributed by atoms with van der Waals surface area (Å²) in [5, 5.41) is 12.5. The van der Waals surface area contributed by atoms with Gasteiger partial charge in [0.2, 0.25) is 0 Å². The van der Waals surface area contributed by atoms with Crippen LogP contribution in [0.3, 0.4) is 0 Å². The first-order valence-electron chi connectivity index (χ1n) is 7.16. The number of likely N-dealkylation sites (N-methyl/N-ethyl adjacent to an activating group) is 1. The zero-order chi connectivity index (χ0) is 14.5. The number of nitrogens with zero attached hydrogens (tertiary/aromatic N) is 2. The van der Waals surface area contributed by atoms with Gasteiger partial charge in [0, 0.05) is 31.9 Å². The molecule has 5 heteroatoms. The number of piperazine rings is 1. The van der Waals surface area contributed by atoms with Gasteiger partial charge in [0.25, 0.3) is 0 Å². The molecule has 0 aromatic heterocycles. The number of carbonyl (C=O) groups excluding carboxylic acids is 1. The van der Waals surface area contributed by atoms with E-state index in [1.165, 1.54) is 0 Å². The highest BCUT2D eigenvalue weighted by Gasteiger charge is 2.20. The Morgan fingerprint density at radius 1 is 1.35 bits per heavy atom. The van der Waals surface area contributed by atoms with Crippen molar-refractivity contribution in [3.8, 4) is 0 Å². The third-order valence-electron chi connectivity index (χ3n) is 3.73. The normalized spacial score (nSPS) is 17.9. The first-order valence-corrected chi connectivity index (χ1v) is 7.16. The summed E-state index contributed by atoms with van der Waals surface area (Å²) < 4.78 is 0. The van der Waals surface area contributed by atoms with Gasteiger partial charge >= 0.3 is 6.03 Å². The minimum Gasteiger partial charge on any atom is -0.389 e. The van der Waals surface area contributed by atoms with Crippen molar-refractivity contribution in [3.05, 3.63) is 29.8 Å². The molecule has 2 N–H and O–H groups in total. The Morgan fingerprint density at radius 2 is 2.05 bits per heavy atom. The molecule has 110 valence electrons. The maximum atomic E-state index is 12.2. The smallest absolute Gasteiger partial charge is 0.321 e. The number of benzene rings is 1. The number of aliphatic hydroxyl groups is 1. The Morgan fingerprint density at radius 3 is 2.65 bits per heavy atom. The van der Waals surface area contributed by atoms with E-state index in [9.17, 15) is 9.90 Å². The fourth-order valence-electron chi connectivity index (χ4n) is 2.35. The van der Waals surface area contributed by atoms with Crippen molar-refractivity contribution >= 4 is 11.7 Å². The standard InChI is InChI=1S/C15H23N3O2/c1-3-17-7-9-18(10-8-17)15(20)16-14-6-4-5-13(11-14)12(2)19/h4-6,11-12,19H,3,7-10H2,1-2H3,(H,16,20). The second-order valence-electron chi connectivity index (χ2n) is 5.15. The monoisotopic (exact) mass is 277 g/mol. The molecule has 5 nitrogen and oxygen atoms in total. The fourth-order valence-corrected chi connectivity index (χ4v) is 2.35. The molecule has 1 aromatic rings. The van der Waals surface area contributed by atoms with E-state index in [-0.39, 0.29) is 6.03 Å². The minimum atomic E-state index is -0.528. The van der Waals surface area contributed by atoms with E-state index in [0.29, 0.717) is 0 Å². The molecule has 1 saturated heterocycles. The number of anilines is 1. The Balaban J connectivity index is 1.93. The van der Waals surface area contributed by atoms with Crippen molar-refractivity contribution in [3.63, 3.8) is 0 Å². The van der Waals surface area contributed by atoms with E-state index in [1.807, 2.05) is 29.2 Å². The second kappa shape index (κ2) is 6.72. The highest BCUT2D eigenvalue weighted by Crippen LogP contribution is 2.17. The van der Waals surface area contributed by atoms with Gasteiger partial charge in [0.15, 0.2) is 0 Å². The number of amides is 2. The minimum absolute atomic E-state index is 0.0662. The summed E-state index contributed by atoms with van der Waals surface area (Å²) in [5.74, 6) is 0. The number of hydrogen-bond donors (Lipinski definition) is 2. The van der Waals surface area contributed by atoms with Crippen LogP contribution in [0.4, 0.5) is 10.5 Å². The van der Waals surface area contributed by atoms with Crippen molar-refractivity contribution in [2.45, 2.75) is 20.0 Å². The fraction of sp³-hybridized carbons (Fsp3) is 0.533. The van der Waals surface area contributed by atoms with Crippen LogP contribution in [0.1, 0.15) is 25.5 Å². The predicted molar refractivity (Wildman–Crippen MR) is 79.8 cm³/mol. The maximum absolute atomic E-state index is 12.2. The van der Waals surface area contributed by atoms with E-state index in [2.05, 4.69) is 17.1 Å². The molecule has 0 radical (unpaired) electrons. The van der Waals surface area contributed by atoms with Crippen molar-refractivity contribution in [2.75, 3.05) is 38.0 Å². The number of urea groups is 1. The van der Waals surface area contributed by atoms with Crippen LogP contribution in [0.15, 0.2) is 24.3 Å². The van der Waals surface area contributed by atoms with Crippen LogP contribution in [0.2, 0.25) is 0 Å². The number of rotatable bonds is 3. The predicted octanol–water partition coefficient (Wildman–Crippen LogP) is 1.91. The van der Waals surface area contributed by atoms with Crippen molar-refractivity contribution in [1.29, 1.82) is 0 Å². The van der Waals surface area contributed by atoms with Gasteiger partial charge in [0.05, 0.1) is 6.10 Å².